The predicted molar refractivity (Wildman–Crippen MR) is 65.8 cm³/mol. The van der Waals surface area contributed by atoms with Gasteiger partial charge in [-0.15, -0.1) is 0 Å². The molecular formula is C12H14F3N3O2. The van der Waals surface area contributed by atoms with E-state index in [4.69, 9.17) is 0 Å². The van der Waals surface area contributed by atoms with Gasteiger partial charge in [0, 0.05) is 25.2 Å². The average Bonchev–Trinajstić information content (AvgIpc) is 2.81. The minimum atomic E-state index is -1.33. The van der Waals surface area contributed by atoms with E-state index in [-0.39, 0.29) is 6.54 Å². The number of urea groups is 1. The van der Waals surface area contributed by atoms with Crippen molar-refractivity contribution in [3.8, 4) is 0 Å². The quantitative estimate of drug-likeness (QED) is 0.626. The number of rotatable bonds is 3. The number of hydrogen-bond acceptors (Lipinski definition) is 3. The third kappa shape index (κ3) is 3.40. The van der Waals surface area contributed by atoms with E-state index in [2.05, 4.69) is 16.0 Å². The van der Waals surface area contributed by atoms with Crippen molar-refractivity contribution in [2.45, 2.75) is 12.0 Å². The van der Waals surface area contributed by atoms with Crippen molar-refractivity contribution in [2.75, 3.05) is 25.0 Å². The van der Waals surface area contributed by atoms with E-state index < -0.39 is 34.8 Å². The van der Waals surface area contributed by atoms with E-state index >= 15 is 0 Å². The first-order chi connectivity index (χ1) is 9.39. The van der Waals surface area contributed by atoms with Crippen LogP contribution in [0.15, 0.2) is 12.1 Å². The number of hydrogen-bond donors (Lipinski definition) is 4. The Kier molecular flexibility index (Phi) is 4.15. The molecule has 1 heterocycles. The zero-order chi connectivity index (χ0) is 14.8. The Hall–Kier alpha value is -1.80. The number of β-amino-alcohol motifs (C(OH)–C–C–N with tert-alkyl or cyclic N) is 1. The Morgan fingerprint density at radius 3 is 2.65 bits per heavy atom. The van der Waals surface area contributed by atoms with Crippen molar-refractivity contribution < 1.29 is 23.1 Å². The Morgan fingerprint density at radius 2 is 2.00 bits per heavy atom. The lowest BCUT2D eigenvalue weighted by atomic mass is 10.0. The molecule has 5 nitrogen and oxygen atoms in total. The standard InChI is InChI=1S/C12H14F3N3O2/c13-7-3-9(15)10(4-8(7)14)18-11(19)17-6-12(20)1-2-16-5-12/h3-4,16,20H,1-2,5-6H2,(H2,17,18,19). The second kappa shape index (κ2) is 5.68. The van der Waals surface area contributed by atoms with Crippen LogP contribution in [0.4, 0.5) is 23.7 Å². The molecule has 20 heavy (non-hydrogen) atoms. The molecule has 2 amide bonds. The van der Waals surface area contributed by atoms with Crippen LogP contribution in [-0.4, -0.2) is 36.4 Å². The van der Waals surface area contributed by atoms with Gasteiger partial charge in [-0.2, -0.15) is 0 Å². The van der Waals surface area contributed by atoms with Crippen LogP contribution in [0.25, 0.3) is 0 Å². The lowest BCUT2D eigenvalue weighted by Gasteiger charge is -2.21. The van der Waals surface area contributed by atoms with Crippen molar-refractivity contribution in [1.82, 2.24) is 10.6 Å². The third-order valence-corrected chi connectivity index (χ3v) is 3.06. The number of nitrogens with one attached hydrogen (secondary N) is 3. The Morgan fingerprint density at radius 1 is 1.30 bits per heavy atom. The summed E-state index contributed by atoms with van der Waals surface area (Å²) < 4.78 is 39.0. The minimum absolute atomic E-state index is 0.0306. The molecule has 0 radical (unpaired) electrons. The molecule has 1 unspecified atom stereocenters. The summed E-state index contributed by atoms with van der Waals surface area (Å²) in [6, 6.07) is 0.0883. The number of benzene rings is 1. The van der Waals surface area contributed by atoms with Crippen LogP contribution in [0.3, 0.4) is 0 Å². The maximum atomic E-state index is 13.3. The van der Waals surface area contributed by atoms with Gasteiger partial charge in [0.25, 0.3) is 0 Å². The molecule has 1 atom stereocenters. The number of carbonyl (C=O) groups excluding carboxylic acids is 1. The average molecular weight is 289 g/mol. The zero-order valence-corrected chi connectivity index (χ0v) is 10.5. The summed E-state index contributed by atoms with van der Waals surface area (Å²) in [4.78, 5) is 11.5. The van der Waals surface area contributed by atoms with E-state index in [1.54, 1.807) is 0 Å². The second-order valence-electron chi connectivity index (χ2n) is 4.70. The number of aliphatic hydroxyl groups is 1. The molecule has 8 heteroatoms. The van der Waals surface area contributed by atoms with E-state index in [0.717, 1.165) is 0 Å². The lowest BCUT2D eigenvalue weighted by molar-refractivity contribution is 0.0640. The van der Waals surface area contributed by atoms with Crippen molar-refractivity contribution in [3.05, 3.63) is 29.6 Å². The summed E-state index contributed by atoms with van der Waals surface area (Å²) in [5.74, 6) is -3.68. The minimum Gasteiger partial charge on any atom is -0.387 e. The number of amides is 2. The molecule has 1 saturated heterocycles. The highest BCUT2D eigenvalue weighted by Crippen LogP contribution is 2.18. The van der Waals surface area contributed by atoms with Gasteiger partial charge in [-0.3, -0.25) is 0 Å². The highest BCUT2D eigenvalue weighted by atomic mass is 19.2. The molecule has 0 spiro atoms. The predicted octanol–water partition coefficient (Wildman–Crippen LogP) is 0.950. The van der Waals surface area contributed by atoms with Crippen LogP contribution in [0.1, 0.15) is 6.42 Å². The molecule has 1 aliphatic rings. The summed E-state index contributed by atoms with van der Waals surface area (Å²) in [7, 11) is 0. The van der Waals surface area contributed by atoms with Crippen LogP contribution >= 0.6 is 0 Å². The summed E-state index contributed by atoms with van der Waals surface area (Å²) >= 11 is 0. The van der Waals surface area contributed by atoms with Gasteiger partial charge in [-0.1, -0.05) is 0 Å². The van der Waals surface area contributed by atoms with Crippen molar-refractivity contribution in [1.29, 1.82) is 0 Å². The summed E-state index contributed by atoms with van der Waals surface area (Å²) in [6.07, 6.45) is 0.479. The van der Waals surface area contributed by atoms with E-state index in [1.165, 1.54) is 0 Å². The molecule has 1 fully saturated rings. The molecule has 2 rings (SSSR count). The number of anilines is 1. The SMILES string of the molecule is O=C(NCC1(O)CCNC1)Nc1cc(F)c(F)cc1F. The van der Waals surface area contributed by atoms with Crippen LogP contribution in [-0.2, 0) is 0 Å². The zero-order valence-electron chi connectivity index (χ0n) is 10.5. The molecule has 0 saturated carbocycles. The smallest absolute Gasteiger partial charge is 0.319 e. The van der Waals surface area contributed by atoms with Gasteiger partial charge in [0.2, 0.25) is 0 Å². The molecule has 0 bridgehead atoms. The van der Waals surface area contributed by atoms with Crippen LogP contribution in [0.5, 0.6) is 0 Å². The van der Waals surface area contributed by atoms with E-state index in [9.17, 15) is 23.1 Å². The lowest BCUT2D eigenvalue weighted by Crippen LogP contribution is -2.45. The van der Waals surface area contributed by atoms with Crippen LogP contribution in [0.2, 0.25) is 0 Å². The van der Waals surface area contributed by atoms with Crippen molar-refractivity contribution in [3.63, 3.8) is 0 Å². The van der Waals surface area contributed by atoms with E-state index in [0.29, 0.717) is 31.6 Å². The third-order valence-electron chi connectivity index (χ3n) is 3.06. The van der Waals surface area contributed by atoms with Crippen LogP contribution < -0.4 is 16.0 Å². The molecule has 0 aliphatic carbocycles. The fraction of sp³-hybridized carbons (Fsp3) is 0.417. The molecular weight excluding hydrogens is 275 g/mol. The largest absolute Gasteiger partial charge is 0.387 e. The Balaban J connectivity index is 1.93. The van der Waals surface area contributed by atoms with Gasteiger partial charge >= 0.3 is 6.03 Å². The monoisotopic (exact) mass is 289 g/mol. The summed E-state index contributed by atoms with van der Waals surface area (Å²) in [6.45, 7) is 0.946. The second-order valence-corrected chi connectivity index (χ2v) is 4.70. The van der Waals surface area contributed by atoms with Gasteiger partial charge in [0.05, 0.1) is 11.3 Å². The van der Waals surface area contributed by atoms with Gasteiger partial charge in [-0.05, 0) is 13.0 Å². The summed E-state index contributed by atoms with van der Waals surface area (Å²) in [5, 5.41) is 17.3. The van der Waals surface area contributed by atoms with Crippen LogP contribution in [0, 0.1) is 17.5 Å². The molecule has 110 valence electrons. The Bertz CT molecular complexity index is 519. The highest BCUT2D eigenvalue weighted by Gasteiger charge is 2.31. The van der Waals surface area contributed by atoms with Gasteiger partial charge in [0.15, 0.2) is 11.6 Å². The van der Waals surface area contributed by atoms with Gasteiger partial charge in [0.1, 0.15) is 5.82 Å². The topological polar surface area (TPSA) is 73.4 Å². The fourth-order valence-electron chi connectivity index (χ4n) is 1.91. The number of halogens is 3. The normalized spacial score (nSPS) is 21.8. The molecule has 1 aromatic carbocycles. The van der Waals surface area contributed by atoms with Crippen molar-refractivity contribution in [2.24, 2.45) is 0 Å². The van der Waals surface area contributed by atoms with Gasteiger partial charge in [-0.25, -0.2) is 18.0 Å². The first-order valence-corrected chi connectivity index (χ1v) is 6.02. The highest BCUT2D eigenvalue weighted by molar-refractivity contribution is 5.89. The first-order valence-electron chi connectivity index (χ1n) is 6.02. The molecule has 1 aliphatic heterocycles. The van der Waals surface area contributed by atoms with Gasteiger partial charge < -0.3 is 21.1 Å². The molecule has 0 aromatic heterocycles. The number of carbonyl (C=O) groups is 1. The maximum Gasteiger partial charge on any atom is 0.319 e. The van der Waals surface area contributed by atoms with Crippen molar-refractivity contribution >= 4 is 11.7 Å². The summed E-state index contributed by atoms with van der Waals surface area (Å²) in [5.41, 5.74) is -1.53. The first kappa shape index (κ1) is 14.6. The molecule has 4 N–H and O–H groups in total. The maximum absolute atomic E-state index is 13.3. The van der Waals surface area contributed by atoms with E-state index in [1.807, 2.05) is 0 Å². The Labute approximate surface area is 113 Å². The fourth-order valence-corrected chi connectivity index (χ4v) is 1.91. The molecule has 1 aromatic rings.